The molecule has 0 bridgehead atoms. The lowest BCUT2D eigenvalue weighted by Crippen LogP contribution is -2.34. The van der Waals surface area contributed by atoms with Gasteiger partial charge in [-0.2, -0.15) is 0 Å². The fourth-order valence-corrected chi connectivity index (χ4v) is 2.71. The molecule has 1 aliphatic carbocycles. The van der Waals surface area contributed by atoms with Crippen LogP contribution in [0.15, 0.2) is 35.6 Å². The average Bonchev–Trinajstić information content (AvgIpc) is 2.56. The standard InChI is InChI=1S/C18H20N4O2/c1-11-3-4-15-16(5-11)21-10-17(22-15)13(8-19)9-20-14-6-12(7-14)18(23)24-2/h3-5,8-10,12,14H,6-7,19H2,1-2H3. The third kappa shape index (κ3) is 3.27. The number of fused-ring (bicyclic) bond motifs is 1. The minimum atomic E-state index is -0.160. The van der Waals surface area contributed by atoms with E-state index in [0.717, 1.165) is 16.6 Å². The fourth-order valence-electron chi connectivity index (χ4n) is 2.71. The minimum Gasteiger partial charge on any atom is -0.469 e. The molecule has 1 aromatic carbocycles. The molecule has 0 spiro atoms. The van der Waals surface area contributed by atoms with E-state index in [4.69, 9.17) is 10.5 Å². The third-order valence-corrected chi connectivity index (χ3v) is 4.25. The number of benzene rings is 1. The zero-order valence-electron chi connectivity index (χ0n) is 13.8. The Bertz CT molecular complexity index is 823. The summed E-state index contributed by atoms with van der Waals surface area (Å²) in [4.78, 5) is 24.9. The van der Waals surface area contributed by atoms with E-state index in [2.05, 4.69) is 15.0 Å². The monoisotopic (exact) mass is 324 g/mol. The summed E-state index contributed by atoms with van der Waals surface area (Å²) < 4.78 is 4.73. The van der Waals surface area contributed by atoms with Gasteiger partial charge in [-0.3, -0.25) is 14.8 Å². The van der Waals surface area contributed by atoms with Gasteiger partial charge in [-0.25, -0.2) is 4.98 Å². The van der Waals surface area contributed by atoms with Gasteiger partial charge in [0.05, 0.1) is 42.0 Å². The summed E-state index contributed by atoms with van der Waals surface area (Å²) >= 11 is 0. The van der Waals surface area contributed by atoms with Gasteiger partial charge >= 0.3 is 5.97 Å². The lowest BCUT2D eigenvalue weighted by Gasteiger charge is -2.29. The van der Waals surface area contributed by atoms with Crippen LogP contribution >= 0.6 is 0 Å². The van der Waals surface area contributed by atoms with Crippen molar-refractivity contribution in [2.75, 3.05) is 7.11 Å². The number of nitrogens with two attached hydrogens (primary N) is 1. The number of aromatic nitrogens is 2. The number of methoxy groups -OCH3 is 1. The van der Waals surface area contributed by atoms with Crippen molar-refractivity contribution in [1.82, 2.24) is 9.97 Å². The maximum atomic E-state index is 11.4. The second-order valence-electron chi connectivity index (χ2n) is 5.99. The average molecular weight is 324 g/mol. The Hall–Kier alpha value is -2.76. The maximum Gasteiger partial charge on any atom is 0.308 e. The van der Waals surface area contributed by atoms with Crippen LogP contribution in [-0.2, 0) is 9.53 Å². The molecule has 6 heteroatoms. The van der Waals surface area contributed by atoms with Crippen LogP contribution < -0.4 is 5.73 Å². The van der Waals surface area contributed by atoms with Crippen molar-refractivity contribution in [1.29, 1.82) is 0 Å². The Morgan fingerprint density at radius 3 is 2.88 bits per heavy atom. The van der Waals surface area contributed by atoms with Crippen LogP contribution in [0.25, 0.3) is 16.6 Å². The summed E-state index contributed by atoms with van der Waals surface area (Å²) in [5.74, 6) is -0.196. The molecular formula is C18H20N4O2. The molecule has 0 radical (unpaired) electrons. The van der Waals surface area contributed by atoms with Gasteiger partial charge in [0.15, 0.2) is 0 Å². The molecule has 124 valence electrons. The molecule has 1 fully saturated rings. The summed E-state index contributed by atoms with van der Waals surface area (Å²) in [6, 6.07) is 6.06. The number of hydrogen-bond donors (Lipinski definition) is 1. The Kier molecular flexibility index (Phi) is 4.55. The third-order valence-electron chi connectivity index (χ3n) is 4.25. The van der Waals surface area contributed by atoms with Crippen molar-refractivity contribution < 1.29 is 9.53 Å². The Morgan fingerprint density at radius 2 is 2.17 bits per heavy atom. The van der Waals surface area contributed by atoms with E-state index < -0.39 is 0 Å². The molecule has 6 nitrogen and oxygen atoms in total. The van der Waals surface area contributed by atoms with Crippen LogP contribution in [0.5, 0.6) is 0 Å². The number of ether oxygens (including phenoxy) is 1. The van der Waals surface area contributed by atoms with Gasteiger partial charge in [0, 0.05) is 18.0 Å². The van der Waals surface area contributed by atoms with Crippen LogP contribution in [0.4, 0.5) is 0 Å². The van der Waals surface area contributed by atoms with Gasteiger partial charge in [0.25, 0.3) is 0 Å². The van der Waals surface area contributed by atoms with E-state index in [1.165, 1.54) is 13.3 Å². The first kappa shape index (κ1) is 16.1. The molecule has 1 saturated carbocycles. The molecule has 24 heavy (non-hydrogen) atoms. The quantitative estimate of drug-likeness (QED) is 0.688. The van der Waals surface area contributed by atoms with Crippen LogP contribution in [0.3, 0.4) is 0 Å². The first-order valence-electron chi connectivity index (χ1n) is 7.87. The first-order valence-corrected chi connectivity index (χ1v) is 7.87. The highest BCUT2D eigenvalue weighted by Crippen LogP contribution is 2.31. The van der Waals surface area contributed by atoms with Crippen molar-refractivity contribution >= 4 is 28.8 Å². The highest BCUT2D eigenvalue weighted by Gasteiger charge is 2.34. The van der Waals surface area contributed by atoms with E-state index in [-0.39, 0.29) is 17.9 Å². The fraction of sp³-hybridized carbons (Fsp3) is 0.333. The summed E-state index contributed by atoms with van der Waals surface area (Å²) in [7, 11) is 1.41. The molecule has 0 unspecified atom stereocenters. The molecule has 1 aromatic heterocycles. The lowest BCUT2D eigenvalue weighted by atomic mass is 9.81. The van der Waals surface area contributed by atoms with E-state index >= 15 is 0 Å². The first-order chi connectivity index (χ1) is 11.6. The molecule has 0 atom stereocenters. The molecule has 0 saturated heterocycles. The SMILES string of the molecule is COC(=O)C1CC(N=CC(=CN)c2cnc3cc(C)ccc3n2)C1. The molecule has 2 aromatic rings. The summed E-state index contributed by atoms with van der Waals surface area (Å²) in [6.07, 6.45) is 6.31. The molecular weight excluding hydrogens is 304 g/mol. The minimum absolute atomic E-state index is 0.0360. The smallest absolute Gasteiger partial charge is 0.308 e. The largest absolute Gasteiger partial charge is 0.469 e. The molecule has 2 N–H and O–H groups in total. The number of hydrogen-bond acceptors (Lipinski definition) is 6. The number of aliphatic imine (C=N–C) groups is 1. The van der Waals surface area contributed by atoms with Crippen molar-refractivity contribution in [2.45, 2.75) is 25.8 Å². The molecule has 1 heterocycles. The number of carbonyl (C=O) groups excluding carboxylic acids is 1. The summed E-state index contributed by atoms with van der Waals surface area (Å²) in [5, 5.41) is 0. The summed E-state index contributed by atoms with van der Waals surface area (Å²) in [5.41, 5.74) is 9.93. The Labute approximate surface area is 140 Å². The van der Waals surface area contributed by atoms with Crippen LogP contribution in [-0.4, -0.2) is 35.3 Å². The van der Waals surface area contributed by atoms with Gasteiger partial charge in [-0.05, 0) is 37.5 Å². The zero-order valence-corrected chi connectivity index (χ0v) is 13.8. The van der Waals surface area contributed by atoms with Gasteiger partial charge in [0.1, 0.15) is 0 Å². The molecule has 3 rings (SSSR count). The zero-order chi connectivity index (χ0) is 17.1. The van der Waals surface area contributed by atoms with Gasteiger partial charge in [0.2, 0.25) is 0 Å². The Morgan fingerprint density at radius 1 is 1.38 bits per heavy atom. The highest BCUT2D eigenvalue weighted by atomic mass is 16.5. The van der Waals surface area contributed by atoms with Gasteiger partial charge in [-0.1, -0.05) is 6.07 Å². The van der Waals surface area contributed by atoms with E-state index in [0.29, 0.717) is 24.1 Å². The number of nitrogens with zero attached hydrogens (tertiary/aromatic N) is 3. The Balaban J connectivity index is 1.72. The predicted molar refractivity (Wildman–Crippen MR) is 93.5 cm³/mol. The van der Waals surface area contributed by atoms with E-state index in [9.17, 15) is 4.79 Å². The van der Waals surface area contributed by atoms with E-state index in [1.807, 2.05) is 25.1 Å². The number of rotatable bonds is 4. The van der Waals surface area contributed by atoms with Crippen molar-refractivity contribution in [2.24, 2.45) is 16.6 Å². The number of esters is 1. The normalized spacial score (nSPS) is 21.0. The van der Waals surface area contributed by atoms with Crippen LogP contribution in [0.1, 0.15) is 24.1 Å². The molecule has 0 aliphatic heterocycles. The van der Waals surface area contributed by atoms with Crippen LogP contribution in [0.2, 0.25) is 0 Å². The van der Waals surface area contributed by atoms with Crippen LogP contribution in [0, 0.1) is 12.8 Å². The lowest BCUT2D eigenvalue weighted by molar-refractivity contribution is -0.148. The second-order valence-corrected chi connectivity index (χ2v) is 5.99. The number of allylic oxidation sites excluding steroid dienone is 1. The number of aryl methyl sites for hydroxylation is 1. The second kappa shape index (κ2) is 6.78. The van der Waals surface area contributed by atoms with Crippen molar-refractivity contribution in [3.05, 3.63) is 41.9 Å². The summed E-state index contributed by atoms with van der Waals surface area (Å²) in [6.45, 7) is 2.02. The molecule has 1 aliphatic rings. The predicted octanol–water partition coefficient (Wildman–Crippen LogP) is 2.26. The van der Waals surface area contributed by atoms with Crippen molar-refractivity contribution in [3.8, 4) is 0 Å². The maximum absolute atomic E-state index is 11.4. The highest BCUT2D eigenvalue weighted by molar-refractivity contribution is 6.09. The van der Waals surface area contributed by atoms with Gasteiger partial charge < -0.3 is 10.5 Å². The van der Waals surface area contributed by atoms with E-state index in [1.54, 1.807) is 12.4 Å². The molecule has 0 amide bonds. The van der Waals surface area contributed by atoms with Gasteiger partial charge in [-0.15, -0.1) is 0 Å². The topological polar surface area (TPSA) is 90.5 Å². The van der Waals surface area contributed by atoms with Crippen molar-refractivity contribution in [3.63, 3.8) is 0 Å². The number of carbonyl (C=O) groups is 1.